The number of hydrogen-bond donors (Lipinski definition) is 0. The van der Waals surface area contributed by atoms with Crippen LogP contribution in [0.5, 0.6) is 17.2 Å². The minimum atomic E-state index is -0.663. The Balaban J connectivity index is 2.44. The number of carbonyl (C=O) groups is 3. The van der Waals surface area contributed by atoms with Gasteiger partial charge in [0.25, 0.3) is 0 Å². The van der Waals surface area contributed by atoms with Crippen molar-refractivity contribution in [3.05, 3.63) is 59.2 Å². The van der Waals surface area contributed by atoms with E-state index in [9.17, 15) is 14.4 Å². The predicted octanol–water partition coefficient (Wildman–Crippen LogP) is 7.96. The normalized spacial score (nSPS) is 12.4. The van der Waals surface area contributed by atoms with Gasteiger partial charge in [-0.05, 0) is 102 Å². The van der Waals surface area contributed by atoms with Gasteiger partial charge in [-0.2, -0.15) is 0 Å². The summed E-state index contributed by atoms with van der Waals surface area (Å²) in [4.78, 5) is 37.9. The van der Waals surface area contributed by atoms with Gasteiger partial charge in [-0.3, -0.25) is 14.4 Å². The molecule has 0 spiro atoms. The van der Waals surface area contributed by atoms with Crippen LogP contribution in [0.15, 0.2) is 42.5 Å². The van der Waals surface area contributed by atoms with Crippen LogP contribution in [0.2, 0.25) is 0 Å². The molecule has 2 aromatic rings. The number of esters is 2. The number of benzene rings is 2. The van der Waals surface area contributed by atoms with Crippen LogP contribution in [-0.2, 0) is 15.0 Å². The van der Waals surface area contributed by atoms with E-state index in [1.165, 1.54) is 6.08 Å². The molecular formula is C33H44O6. The Morgan fingerprint density at radius 2 is 1.33 bits per heavy atom. The molecule has 0 aromatic heterocycles. The van der Waals surface area contributed by atoms with E-state index in [1.807, 2.05) is 33.8 Å². The van der Waals surface area contributed by atoms with Gasteiger partial charge in [-0.15, -0.1) is 0 Å². The summed E-state index contributed by atoms with van der Waals surface area (Å²) in [6.45, 7) is 19.6. The SMILES string of the molecule is CCCOc1cc(OC(=O)C(C)(C)C)c(C(C)(C)CC)cc1/C=C/C(=O)c1ccc(OC(=O)C(C)(C)C)cc1. The van der Waals surface area contributed by atoms with Crippen LogP contribution >= 0.6 is 0 Å². The summed E-state index contributed by atoms with van der Waals surface area (Å²) in [5, 5.41) is 0. The standard InChI is InChI=1S/C33H44O6/c1-11-19-37-27-21-28(39-30(36)32(6,7)8)25(33(9,10)12-2)20-23(27)15-18-26(34)22-13-16-24(17-14-22)38-29(35)31(3,4)5/h13-18,20-21H,11-12,19H2,1-10H3/b18-15+. The third-order valence-corrected chi connectivity index (χ3v) is 6.38. The van der Waals surface area contributed by atoms with Crippen LogP contribution in [0.3, 0.4) is 0 Å². The molecule has 0 aliphatic carbocycles. The summed E-state index contributed by atoms with van der Waals surface area (Å²) in [7, 11) is 0. The maximum Gasteiger partial charge on any atom is 0.316 e. The Kier molecular flexibility index (Phi) is 10.3. The summed E-state index contributed by atoms with van der Waals surface area (Å²) in [6, 6.07) is 10.2. The zero-order valence-corrected chi connectivity index (χ0v) is 25.2. The van der Waals surface area contributed by atoms with Gasteiger partial charge < -0.3 is 14.2 Å². The highest BCUT2D eigenvalue weighted by atomic mass is 16.5. The number of ether oxygens (including phenoxy) is 3. The molecule has 6 nitrogen and oxygen atoms in total. The molecule has 39 heavy (non-hydrogen) atoms. The first kappa shape index (κ1) is 31.8. The molecule has 0 atom stereocenters. The molecule has 0 saturated carbocycles. The van der Waals surface area contributed by atoms with Crippen LogP contribution in [0.25, 0.3) is 6.08 Å². The van der Waals surface area contributed by atoms with Crippen molar-refractivity contribution in [3.63, 3.8) is 0 Å². The molecule has 0 fully saturated rings. The van der Waals surface area contributed by atoms with Gasteiger partial charge in [0.2, 0.25) is 0 Å². The summed E-state index contributed by atoms with van der Waals surface area (Å²) >= 11 is 0. The van der Waals surface area contributed by atoms with Gasteiger partial charge in [0.1, 0.15) is 17.2 Å². The first-order valence-electron chi connectivity index (χ1n) is 13.6. The van der Waals surface area contributed by atoms with Crippen LogP contribution in [0.1, 0.15) is 104 Å². The van der Waals surface area contributed by atoms with Crippen molar-refractivity contribution in [1.29, 1.82) is 0 Å². The van der Waals surface area contributed by atoms with Gasteiger partial charge in [-0.1, -0.05) is 27.7 Å². The molecule has 0 unspecified atom stereocenters. The lowest BCUT2D eigenvalue weighted by molar-refractivity contribution is -0.143. The summed E-state index contributed by atoms with van der Waals surface area (Å²) < 4.78 is 17.3. The van der Waals surface area contributed by atoms with Crippen molar-refractivity contribution in [3.8, 4) is 17.2 Å². The predicted molar refractivity (Wildman–Crippen MR) is 156 cm³/mol. The molecule has 212 valence electrons. The Labute approximate surface area is 233 Å². The monoisotopic (exact) mass is 536 g/mol. The van der Waals surface area contributed by atoms with Gasteiger partial charge >= 0.3 is 11.9 Å². The number of ketones is 1. The van der Waals surface area contributed by atoms with E-state index in [4.69, 9.17) is 14.2 Å². The van der Waals surface area contributed by atoms with E-state index in [1.54, 1.807) is 57.2 Å². The minimum Gasteiger partial charge on any atom is -0.493 e. The molecule has 0 N–H and O–H groups in total. The van der Waals surface area contributed by atoms with E-state index in [-0.39, 0.29) is 23.1 Å². The Hall–Kier alpha value is -3.41. The zero-order valence-electron chi connectivity index (χ0n) is 25.2. The number of hydrogen-bond acceptors (Lipinski definition) is 6. The molecule has 2 rings (SSSR count). The van der Waals surface area contributed by atoms with Gasteiger partial charge in [0.15, 0.2) is 5.78 Å². The van der Waals surface area contributed by atoms with E-state index in [0.29, 0.717) is 29.4 Å². The molecular weight excluding hydrogens is 492 g/mol. The van der Waals surface area contributed by atoms with Crippen molar-refractivity contribution in [2.24, 2.45) is 10.8 Å². The lowest BCUT2D eigenvalue weighted by Crippen LogP contribution is -2.27. The van der Waals surface area contributed by atoms with Crippen molar-refractivity contribution in [1.82, 2.24) is 0 Å². The van der Waals surface area contributed by atoms with E-state index < -0.39 is 10.8 Å². The molecule has 6 heteroatoms. The molecule has 0 aliphatic rings. The van der Waals surface area contributed by atoms with Crippen LogP contribution in [-0.4, -0.2) is 24.3 Å². The van der Waals surface area contributed by atoms with Crippen LogP contribution in [0, 0.1) is 10.8 Å². The zero-order chi connectivity index (χ0) is 29.6. The largest absolute Gasteiger partial charge is 0.493 e. The molecule has 2 aromatic carbocycles. The molecule has 0 heterocycles. The number of rotatable bonds is 10. The highest BCUT2D eigenvalue weighted by Crippen LogP contribution is 2.40. The van der Waals surface area contributed by atoms with E-state index >= 15 is 0 Å². The van der Waals surface area contributed by atoms with Gasteiger partial charge in [0, 0.05) is 22.8 Å². The highest BCUT2D eigenvalue weighted by Gasteiger charge is 2.29. The first-order valence-corrected chi connectivity index (χ1v) is 13.6. The minimum absolute atomic E-state index is 0.204. The fourth-order valence-electron chi connectivity index (χ4n) is 3.31. The second-order valence-electron chi connectivity index (χ2n) is 12.5. The Morgan fingerprint density at radius 3 is 1.85 bits per heavy atom. The second kappa shape index (κ2) is 12.6. The van der Waals surface area contributed by atoms with Crippen LogP contribution < -0.4 is 14.2 Å². The maximum absolute atomic E-state index is 13.0. The van der Waals surface area contributed by atoms with Crippen molar-refractivity contribution in [2.75, 3.05) is 6.61 Å². The highest BCUT2D eigenvalue weighted by molar-refractivity contribution is 6.07. The maximum atomic E-state index is 13.0. The van der Waals surface area contributed by atoms with E-state index in [2.05, 4.69) is 20.8 Å². The summed E-state index contributed by atoms with van der Waals surface area (Å²) in [5.41, 5.74) is 0.472. The van der Waals surface area contributed by atoms with Gasteiger partial charge in [-0.25, -0.2) is 0 Å². The number of carbonyl (C=O) groups excluding carboxylic acids is 3. The Morgan fingerprint density at radius 1 is 0.769 bits per heavy atom. The van der Waals surface area contributed by atoms with E-state index in [0.717, 1.165) is 24.0 Å². The topological polar surface area (TPSA) is 78.9 Å². The lowest BCUT2D eigenvalue weighted by atomic mass is 9.80. The second-order valence-corrected chi connectivity index (χ2v) is 12.5. The first-order chi connectivity index (χ1) is 18.0. The van der Waals surface area contributed by atoms with Gasteiger partial charge in [0.05, 0.1) is 17.4 Å². The fourth-order valence-corrected chi connectivity index (χ4v) is 3.31. The third-order valence-electron chi connectivity index (χ3n) is 6.38. The van der Waals surface area contributed by atoms with Crippen molar-refractivity contribution < 1.29 is 28.6 Å². The summed E-state index contributed by atoms with van der Waals surface area (Å²) in [5.74, 6) is 0.521. The average molecular weight is 537 g/mol. The smallest absolute Gasteiger partial charge is 0.316 e. The fraction of sp³-hybridized carbons (Fsp3) is 0.485. The average Bonchev–Trinajstić information content (AvgIpc) is 2.85. The molecule has 0 radical (unpaired) electrons. The summed E-state index contributed by atoms with van der Waals surface area (Å²) in [6.07, 6.45) is 4.84. The molecule has 0 amide bonds. The molecule has 0 saturated heterocycles. The van der Waals surface area contributed by atoms with Crippen LogP contribution in [0.4, 0.5) is 0 Å². The van der Waals surface area contributed by atoms with Crippen molar-refractivity contribution >= 4 is 23.8 Å². The Bertz CT molecular complexity index is 1200. The number of allylic oxidation sites excluding steroid dienone is 1. The lowest BCUT2D eigenvalue weighted by Gasteiger charge is -2.28. The molecule has 0 aliphatic heterocycles. The van der Waals surface area contributed by atoms with Crippen molar-refractivity contribution in [2.45, 2.75) is 87.5 Å². The quantitative estimate of drug-likeness (QED) is 0.133. The molecule has 0 bridgehead atoms. The third kappa shape index (κ3) is 8.81.